The summed E-state index contributed by atoms with van der Waals surface area (Å²) in [6, 6.07) is 15.1. The van der Waals surface area contributed by atoms with Crippen LogP contribution in [0.25, 0.3) is 0 Å². The largest absolute Gasteiger partial charge is 0.508 e. The lowest BCUT2D eigenvalue weighted by molar-refractivity contribution is 0.447. The van der Waals surface area contributed by atoms with Crippen molar-refractivity contribution in [3.05, 3.63) is 59.7 Å². The van der Waals surface area contributed by atoms with Crippen molar-refractivity contribution in [1.29, 1.82) is 0 Å². The van der Waals surface area contributed by atoms with E-state index in [1.807, 2.05) is 36.4 Å². The van der Waals surface area contributed by atoms with Crippen LogP contribution in [0.4, 0.5) is 0 Å². The van der Waals surface area contributed by atoms with Gasteiger partial charge in [0.1, 0.15) is 11.5 Å². The minimum Gasteiger partial charge on any atom is -0.508 e. The normalized spacial score (nSPS) is 11.4. The second-order valence-corrected chi connectivity index (χ2v) is 10.1. The van der Waals surface area contributed by atoms with E-state index in [1.54, 1.807) is 12.1 Å². The molecule has 0 spiro atoms. The summed E-state index contributed by atoms with van der Waals surface area (Å²) in [5.74, 6) is 0.684. The zero-order valence-corrected chi connectivity index (χ0v) is 21.8. The number of rotatable bonds is 20. The smallest absolute Gasteiger partial charge is 0.119 e. The molecule has 0 aromatic heterocycles. The highest BCUT2D eigenvalue weighted by Gasteiger charge is 2.19. The van der Waals surface area contributed by atoms with Crippen LogP contribution in [-0.4, -0.2) is 10.2 Å². The molecule has 2 aromatic carbocycles. The molecule has 0 saturated heterocycles. The van der Waals surface area contributed by atoms with Gasteiger partial charge in [-0.05, 0) is 18.6 Å². The third-order valence-corrected chi connectivity index (χ3v) is 7.22. The van der Waals surface area contributed by atoms with Crippen LogP contribution in [0.2, 0.25) is 0 Å². The Morgan fingerprint density at radius 2 is 0.794 bits per heavy atom. The van der Waals surface area contributed by atoms with Crippen LogP contribution in [-0.2, 0) is 0 Å². The third-order valence-electron chi connectivity index (χ3n) is 7.22. The van der Waals surface area contributed by atoms with Crippen LogP contribution >= 0.6 is 0 Å². The molecule has 190 valence electrons. The number of phenolic OH excluding ortho intramolecular Hbond substituents is 2. The number of hydrogen-bond acceptors (Lipinski definition) is 2. The molecule has 2 nitrogen and oxygen atoms in total. The predicted molar refractivity (Wildman–Crippen MR) is 147 cm³/mol. The van der Waals surface area contributed by atoms with Crippen LogP contribution < -0.4 is 0 Å². The Morgan fingerprint density at radius 3 is 1.15 bits per heavy atom. The Labute approximate surface area is 209 Å². The maximum Gasteiger partial charge on any atom is 0.119 e. The topological polar surface area (TPSA) is 40.5 Å². The first-order valence-electron chi connectivity index (χ1n) is 14.3. The van der Waals surface area contributed by atoms with Gasteiger partial charge >= 0.3 is 0 Å². The first-order chi connectivity index (χ1) is 16.7. The average molecular weight is 467 g/mol. The van der Waals surface area contributed by atoms with Gasteiger partial charge in [0.05, 0.1) is 0 Å². The fourth-order valence-corrected chi connectivity index (χ4v) is 5.12. The maximum absolute atomic E-state index is 10.4. The summed E-state index contributed by atoms with van der Waals surface area (Å²) < 4.78 is 0. The van der Waals surface area contributed by atoms with E-state index in [2.05, 4.69) is 6.92 Å². The standard InChI is InChI=1S/C32H50O2/c1-2-3-4-5-6-7-8-9-10-11-12-13-14-15-16-17-18-23-28(29-24-19-21-26-31(29)33)30-25-20-22-27-32(30)34/h19-22,24-28,33-34H,2-18,23H2,1H3. The highest BCUT2D eigenvalue weighted by atomic mass is 16.3. The first-order valence-corrected chi connectivity index (χ1v) is 14.3. The third kappa shape index (κ3) is 11.4. The number of benzene rings is 2. The predicted octanol–water partition coefficient (Wildman–Crippen LogP) is 10.3. The summed E-state index contributed by atoms with van der Waals surface area (Å²) in [6.45, 7) is 2.29. The first kappa shape index (κ1) is 28.3. The highest BCUT2D eigenvalue weighted by Crippen LogP contribution is 2.38. The van der Waals surface area contributed by atoms with Gasteiger partial charge in [-0.15, -0.1) is 0 Å². The van der Waals surface area contributed by atoms with Crippen LogP contribution in [0.1, 0.15) is 140 Å². The Balaban J connectivity index is 1.53. The van der Waals surface area contributed by atoms with Crippen molar-refractivity contribution in [3.8, 4) is 11.5 Å². The molecule has 0 saturated carbocycles. The molecule has 0 aliphatic rings. The lowest BCUT2D eigenvalue weighted by Crippen LogP contribution is -2.02. The summed E-state index contributed by atoms with van der Waals surface area (Å²) in [7, 11) is 0. The van der Waals surface area contributed by atoms with Gasteiger partial charge in [0.2, 0.25) is 0 Å². The van der Waals surface area contributed by atoms with Crippen molar-refractivity contribution in [2.45, 2.75) is 128 Å². The SMILES string of the molecule is CCCCCCCCCCCCCCCCCCCC(c1ccccc1O)c1ccccc1O. The monoisotopic (exact) mass is 466 g/mol. The van der Waals surface area contributed by atoms with E-state index in [0.29, 0.717) is 11.5 Å². The molecule has 0 radical (unpaired) electrons. The number of hydrogen-bond donors (Lipinski definition) is 2. The van der Waals surface area contributed by atoms with Crippen LogP contribution in [0, 0.1) is 0 Å². The zero-order chi connectivity index (χ0) is 24.3. The highest BCUT2D eigenvalue weighted by molar-refractivity contribution is 5.45. The summed E-state index contributed by atoms with van der Waals surface area (Å²) in [4.78, 5) is 0. The van der Waals surface area contributed by atoms with E-state index in [-0.39, 0.29) is 5.92 Å². The van der Waals surface area contributed by atoms with Gasteiger partial charge in [-0.2, -0.15) is 0 Å². The van der Waals surface area contributed by atoms with Crippen molar-refractivity contribution in [3.63, 3.8) is 0 Å². The molecule has 0 atom stereocenters. The fraction of sp³-hybridized carbons (Fsp3) is 0.625. The molecule has 2 N–H and O–H groups in total. The maximum atomic E-state index is 10.4. The van der Waals surface area contributed by atoms with Gasteiger partial charge in [-0.25, -0.2) is 0 Å². The quantitative estimate of drug-likeness (QED) is 0.190. The summed E-state index contributed by atoms with van der Waals surface area (Å²) in [5, 5.41) is 20.8. The van der Waals surface area contributed by atoms with Gasteiger partial charge in [-0.1, -0.05) is 152 Å². The van der Waals surface area contributed by atoms with E-state index < -0.39 is 0 Å². The average Bonchev–Trinajstić information content (AvgIpc) is 2.85. The Bertz CT molecular complexity index is 709. The van der Waals surface area contributed by atoms with Gasteiger partial charge < -0.3 is 10.2 Å². The number of phenols is 2. The minimum atomic E-state index is 0.0405. The second-order valence-electron chi connectivity index (χ2n) is 10.1. The molecule has 0 fully saturated rings. The number of unbranched alkanes of at least 4 members (excludes halogenated alkanes) is 16. The van der Waals surface area contributed by atoms with E-state index in [1.165, 1.54) is 103 Å². The van der Waals surface area contributed by atoms with E-state index in [9.17, 15) is 10.2 Å². The molecule has 0 amide bonds. The molecular formula is C32H50O2. The van der Waals surface area contributed by atoms with Crippen molar-refractivity contribution < 1.29 is 10.2 Å². The summed E-state index contributed by atoms with van der Waals surface area (Å²) >= 11 is 0. The molecule has 2 aromatic rings. The van der Waals surface area contributed by atoms with Crippen molar-refractivity contribution in [1.82, 2.24) is 0 Å². The van der Waals surface area contributed by atoms with Gasteiger partial charge in [0, 0.05) is 17.0 Å². The van der Waals surface area contributed by atoms with Crippen LogP contribution in [0.5, 0.6) is 11.5 Å². The lowest BCUT2D eigenvalue weighted by atomic mass is 9.85. The number of aromatic hydroxyl groups is 2. The molecule has 2 heteroatoms. The lowest BCUT2D eigenvalue weighted by Gasteiger charge is -2.20. The Hall–Kier alpha value is -1.96. The molecule has 0 aliphatic carbocycles. The Kier molecular flexibility index (Phi) is 15.3. The molecule has 2 rings (SSSR count). The minimum absolute atomic E-state index is 0.0405. The molecule has 0 heterocycles. The second kappa shape index (κ2) is 18.4. The molecule has 34 heavy (non-hydrogen) atoms. The van der Waals surface area contributed by atoms with Crippen LogP contribution in [0.15, 0.2) is 48.5 Å². The molecule has 0 unspecified atom stereocenters. The van der Waals surface area contributed by atoms with Crippen LogP contribution in [0.3, 0.4) is 0 Å². The Morgan fingerprint density at radius 1 is 0.471 bits per heavy atom. The van der Waals surface area contributed by atoms with E-state index in [4.69, 9.17) is 0 Å². The zero-order valence-electron chi connectivity index (χ0n) is 21.8. The molecule has 0 aliphatic heterocycles. The van der Waals surface area contributed by atoms with Crippen molar-refractivity contribution in [2.75, 3.05) is 0 Å². The number of para-hydroxylation sites is 2. The van der Waals surface area contributed by atoms with Gasteiger partial charge in [-0.3, -0.25) is 0 Å². The van der Waals surface area contributed by atoms with Gasteiger partial charge in [0.25, 0.3) is 0 Å². The van der Waals surface area contributed by atoms with Crippen molar-refractivity contribution >= 4 is 0 Å². The molecular weight excluding hydrogens is 416 g/mol. The van der Waals surface area contributed by atoms with Gasteiger partial charge in [0.15, 0.2) is 0 Å². The van der Waals surface area contributed by atoms with E-state index in [0.717, 1.165) is 24.0 Å². The van der Waals surface area contributed by atoms with Crippen molar-refractivity contribution in [2.24, 2.45) is 0 Å². The summed E-state index contributed by atoms with van der Waals surface area (Å²) in [5.41, 5.74) is 1.83. The van der Waals surface area contributed by atoms with E-state index >= 15 is 0 Å². The summed E-state index contributed by atoms with van der Waals surface area (Å²) in [6.07, 6.45) is 24.3. The fourth-order valence-electron chi connectivity index (χ4n) is 5.12. The molecule has 0 bridgehead atoms.